The monoisotopic (exact) mass is 228 g/mol. The van der Waals surface area contributed by atoms with Gasteiger partial charge in [-0.15, -0.1) is 0 Å². The van der Waals surface area contributed by atoms with Crippen LogP contribution in [0.2, 0.25) is 0 Å². The molecule has 3 aromatic rings. The summed E-state index contributed by atoms with van der Waals surface area (Å²) in [6.07, 6.45) is 2.98. The number of anilines is 1. The van der Waals surface area contributed by atoms with Gasteiger partial charge in [0.15, 0.2) is 0 Å². The maximum atomic E-state index is 13.1. The first-order valence-corrected chi connectivity index (χ1v) is 5.10. The highest BCUT2D eigenvalue weighted by atomic mass is 19.1. The van der Waals surface area contributed by atoms with Crippen LogP contribution in [0.4, 0.5) is 10.2 Å². The van der Waals surface area contributed by atoms with Crippen molar-refractivity contribution in [2.45, 2.75) is 0 Å². The summed E-state index contributed by atoms with van der Waals surface area (Å²) in [5.74, 6) is 0.0346. The molecule has 0 saturated carbocycles. The predicted molar refractivity (Wildman–Crippen MR) is 62.8 cm³/mol. The van der Waals surface area contributed by atoms with Gasteiger partial charge >= 0.3 is 0 Å². The minimum atomic E-state index is -0.353. The van der Waals surface area contributed by atoms with Gasteiger partial charge in [0, 0.05) is 12.4 Å². The molecule has 3 aromatic heterocycles. The average molecular weight is 228 g/mol. The van der Waals surface area contributed by atoms with Crippen molar-refractivity contribution in [1.29, 1.82) is 0 Å². The maximum Gasteiger partial charge on any atom is 0.140 e. The Morgan fingerprint density at radius 3 is 2.82 bits per heavy atom. The number of hydrogen-bond acceptors (Lipinski definition) is 3. The lowest BCUT2D eigenvalue weighted by atomic mass is 10.3. The maximum absolute atomic E-state index is 13.1. The third-order valence-corrected chi connectivity index (χ3v) is 2.53. The molecule has 0 aliphatic carbocycles. The molecule has 0 bridgehead atoms. The van der Waals surface area contributed by atoms with Gasteiger partial charge in [-0.2, -0.15) is 0 Å². The molecule has 3 heterocycles. The van der Waals surface area contributed by atoms with E-state index in [0.717, 1.165) is 0 Å². The van der Waals surface area contributed by atoms with E-state index in [1.54, 1.807) is 12.3 Å². The van der Waals surface area contributed by atoms with Crippen LogP contribution < -0.4 is 5.73 Å². The third-order valence-electron chi connectivity index (χ3n) is 2.53. The molecule has 0 saturated heterocycles. The molecule has 0 aromatic carbocycles. The van der Waals surface area contributed by atoms with Crippen molar-refractivity contribution >= 4 is 11.5 Å². The van der Waals surface area contributed by atoms with Crippen molar-refractivity contribution in [2.75, 3.05) is 5.73 Å². The van der Waals surface area contributed by atoms with Gasteiger partial charge in [-0.1, -0.05) is 6.07 Å². The van der Waals surface area contributed by atoms with Gasteiger partial charge in [0.1, 0.15) is 23.0 Å². The first-order chi connectivity index (χ1) is 8.25. The van der Waals surface area contributed by atoms with E-state index in [-0.39, 0.29) is 5.82 Å². The van der Waals surface area contributed by atoms with Gasteiger partial charge in [-0.3, -0.25) is 9.38 Å². The number of rotatable bonds is 1. The first-order valence-electron chi connectivity index (χ1n) is 5.10. The molecule has 0 aliphatic heterocycles. The summed E-state index contributed by atoms with van der Waals surface area (Å²) in [7, 11) is 0. The van der Waals surface area contributed by atoms with Gasteiger partial charge in [0.25, 0.3) is 0 Å². The lowest BCUT2D eigenvalue weighted by Crippen LogP contribution is -1.95. The van der Waals surface area contributed by atoms with Crippen molar-refractivity contribution < 1.29 is 4.39 Å². The second-order valence-electron chi connectivity index (χ2n) is 3.64. The molecule has 0 aliphatic rings. The number of nitrogen functional groups attached to an aromatic ring is 1. The van der Waals surface area contributed by atoms with E-state index in [0.29, 0.717) is 22.9 Å². The lowest BCUT2D eigenvalue weighted by Gasteiger charge is -1.97. The van der Waals surface area contributed by atoms with Crippen LogP contribution in [0.25, 0.3) is 17.0 Å². The second-order valence-corrected chi connectivity index (χ2v) is 3.64. The quantitative estimate of drug-likeness (QED) is 0.694. The topological polar surface area (TPSA) is 56.2 Å². The number of imidazole rings is 1. The zero-order chi connectivity index (χ0) is 11.8. The van der Waals surface area contributed by atoms with Crippen molar-refractivity contribution in [3.63, 3.8) is 0 Å². The Balaban J connectivity index is 2.28. The van der Waals surface area contributed by atoms with Crippen LogP contribution in [0, 0.1) is 5.82 Å². The highest BCUT2D eigenvalue weighted by Gasteiger charge is 2.12. The molecular weight excluding hydrogens is 219 g/mol. The fraction of sp³-hybridized carbons (Fsp3) is 0. The van der Waals surface area contributed by atoms with Crippen molar-refractivity contribution in [3.8, 4) is 11.4 Å². The molecule has 0 amide bonds. The fourth-order valence-electron chi connectivity index (χ4n) is 1.73. The van der Waals surface area contributed by atoms with E-state index < -0.39 is 0 Å². The molecule has 3 rings (SSSR count). The van der Waals surface area contributed by atoms with E-state index in [1.165, 1.54) is 16.7 Å². The van der Waals surface area contributed by atoms with Crippen LogP contribution in [0.15, 0.2) is 42.7 Å². The predicted octanol–water partition coefficient (Wildman–Crippen LogP) is 2.12. The van der Waals surface area contributed by atoms with Gasteiger partial charge < -0.3 is 5.73 Å². The van der Waals surface area contributed by atoms with Crippen molar-refractivity contribution in [1.82, 2.24) is 14.4 Å². The fourth-order valence-corrected chi connectivity index (χ4v) is 1.73. The number of pyridine rings is 2. The highest BCUT2D eigenvalue weighted by Crippen LogP contribution is 2.24. The van der Waals surface area contributed by atoms with E-state index in [4.69, 9.17) is 5.73 Å². The average Bonchev–Trinajstić information content (AvgIpc) is 2.68. The number of aromatic nitrogens is 3. The summed E-state index contributed by atoms with van der Waals surface area (Å²) in [6.45, 7) is 0. The summed E-state index contributed by atoms with van der Waals surface area (Å²) in [6, 6.07) is 8.41. The van der Waals surface area contributed by atoms with Gasteiger partial charge in [-0.05, 0) is 24.3 Å². The van der Waals surface area contributed by atoms with Crippen LogP contribution in [0.3, 0.4) is 0 Å². The minimum Gasteiger partial charge on any atom is -0.383 e. The molecular formula is C12H9FN4. The Kier molecular flexibility index (Phi) is 2.04. The molecule has 0 spiro atoms. The second kappa shape index (κ2) is 3.55. The van der Waals surface area contributed by atoms with Crippen LogP contribution in [0.1, 0.15) is 0 Å². The van der Waals surface area contributed by atoms with Gasteiger partial charge in [-0.25, -0.2) is 9.37 Å². The van der Waals surface area contributed by atoms with Crippen LogP contribution in [0.5, 0.6) is 0 Å². The Bertz CT molecular complexity index is 676. The van der Waals surface area contributed by atoms with Crippen molar-refractivity contribution in [3.05, 3.63) is 48.5 Å². The Morgan fingerprint density at radius 2 is 2.06 bits per heavy atom. The van der Waals surface area contributed by atoms with Gasteiger partial charge in [0.2, 0.25) is 0 Å². The normalized spacial score (nSPS) is 10.9. The van der Waals surface area contributed by atoms with Gasteiger partial charge in [0.05, 0.1) is 5.69 Å². The highest BCUT2D eigenvalue weighted by molar-refractivity contribution is 5.72. The molecule has 4 nitrogen and oxygen atoms in total. The number of nitrogens with zero attached hydrogens (tertiary/aromatic N) is 3. The summed E-state index contributed by atoms with van der Waals surface area (Å²) in [4.78, 5) is 8.51. The molecule has 0 fully saturated rings. The van der Waals surface area contributed by atoms with Crippen LogP contribution in [-0.2, 0) is 0 Å². The van der Waals surface area contributed by atoms with Crippen molar-refractivity contribution in [2.24, 2.45) is 0 Å². The summed E-state index contributed by atoms with van der Waals surface area (Å²) in [5, 5.41) is 0. The van der Waals surface area contributed by atoms with Crippen LogP contribution >= 0.6 is 0 Å². The Hall–Kier alpha value is -2.43. The lowest BCUT2D eigenvalue weighted by molar-refractivity contribution is 0.619. The SMILES string of the molecule is Nc1c(-c2ccccn2)nc2ccc(F)cn12. The largest absolute Gasteiger partial charge is 0.383 e. The molecule has 0 radical (unpaired) electrons. The first kappa shape index (κ1) is 9.77. The van der Waals surface area contributed by atoms with E-state index in [1.807, 2.05) is 18.2 Å². The molecule has 17 heavy (non-hydrogen) atoms. The number of nitrogens with two attached hydrogens (primary N) is 1. The molecule has 2 N–H and O–H groups in total. The van der Waals surface area contributed by atoms with E-state index >= 15 is 0 Å². The standard InChI is InChI=1S/C12H9FN4/c13-8-4-5-10-16-11(12(14)17(10)7-8)9-3-1-2-6-15-9/h1-7H,14H2. The molecule has 84 valence electrons. The number of hydrogen-bond donors (Lipinski definition) is 1. The zero-order valence-electron chi connectivity index (χ0n) is 8.84. The summed E-state index contributed by atoms with van der Waals surface area (Å²) >= 11 is 0. The molecule has 5 heteroatoms. The van der Waals surface area contributed by atoms with Crippen LogP contribution in [-0.4, -0.2) is 14.4 Å². The summed E-state index contributed by atoms with van der Waals surface area (Å²) < 4.78 is 14.6. The minimum absolute atomic E-state index is 0.353. The Labute approximate surface area is 96.6 Å². The molecule has 0 atom stereocenters. The Morgan fingerprint density at radius 1 is 1.18 bits per heavy atom. The van der Waals surface area contributed by atoms with E-state index in [9.17, 15) is 4.39 Å². The van der Waals surface area contributed by atoms with E-state index in [2.05, 4.69) is 9.97 Å². The zero-order valence-corrected chi connectivity index (χ0v) is 8.84. The smallest absolute Gasteiger partial charge is 0.140 e. The number of halogens is 1. The molecule has 0 unspecified atom stereocenters. The summed E-state index contributed by atoms with van der Waals surface area (Å²) in [5.41, 5.74) is 7.78. The third kappa shape index (κ3) is 1.52. The number of fused-ring (bicyclic) bond motifs is 1.